The Labute approximate surface area is 152 Å². The summed E-state index contributed by atoms with van der Waals surface area (Å²) in [6.07, 6.45) is 1.75. The van der Waals surface area contributed by atoms with Gasteiger partial charge in [-0.3, -0.25) is 4.79 Å². The molecular weight excluding hydrogens is 367 g/mol. The van der Waals surface area contributed by atoms with Crippen molar-refractivity contribution in [3.05, 3.63) is 68.5 Å². The highest BCUT2D eigenvalue weighted by molar-refractivity contribution is 7.10. The van der Waals surface area contributed by atoms with E-state index in [0.717, 1.165) is 10.4 Å². The molecule has 4 nitrogen and oxygen atoms in total. The van der Waals surface area contributed by atoms with Crippen LogP contribution in [-0.4, -0.2) is 12.1 Å². The second-order valence-corrected chi connectivity index (χ2v) is 6.75. The fraction of sp³-hybridized carbons (Fsp3) is 0.0588. The molecule has 0 bridgehead atoms. The summed E-state index contributed by atoms with van der Waals surface area (Å²) in [6, 6.07) is 12.5. The largest absolute Gasteiger partial charge is 0.455 e. The van der Waals surface area contributed by atoms with Crippen LogP contribution in [0, 0.1) is 0 Å². The maximum atomic E-state index is 11.7. The number of amides is 1. The molecule has 3 rings (SSSR count). The van der Waals surface area contributed by atoms with Crippen molar-refractivity contribution < 1.29 is 9.21 Å². The van der Waals surface area contributed by atoms with E-state index in [2.05, 4.69) is 10.5 Å². The molecule has 0 atom stereocenters. The molecule has 0 aliphatic heterocycles. The van der Waals surface area contributed by atoms with Crippen LogP contribution < -0.4 is 5.43 Å². The van der Waals surface area contributed by atoms with Gasteiger partial charge in [-0.05, 0) is 41.8 Å². The second-order valence-electron chi connectivity index (χ2n) is 4.88. The Morgan fingerprint density at radius 3 is 2.88 bits per heavy atom. The van der Waals surface area contributed by atoms with E-state index in [1.54, 1.807) is 30.3 Å². The number of halogens is 2. The molecule has 7 heteroatoms. The van der Waals surface area contributed by atoms with Crippen molar-refractivity contribution in [2.75, 3.05) is 0 Å². The number of rotatable bonds is 5. The van der Waals surface area contributed by atoms with Gasteiger partial charge in [-0.2, -0.15) is 5.10 Å². The van der Waals surface area contributed by atoms with Gasteiger partial charge in [0.05, 0.1) is 17.7 Å². The maximum absolute atomic E-state index is 11.7. The minimum atomic E-state index is -0.179. The molecule has 122 valence electrons. The molecular formula is C17H12Cl2N2O2S. The topological polar surface area (TPSA) is 54.6 Å². The minimum absolute atomic E-state index is 0.179. The van der Waals surface area contributed by atoms with E-state index in [4.69, 9.17) is 27.6 Å². The fourth-order valence-corrected chi connectivity index (χ4v) is 3.24. The number of carbonyl (C=O) groups excluding carboxylic acids is 1. The number of benzene rings is 1. The van der Waals surface area contributed by atoms with Crippen molar-refractivity contribution >= 4 is 46.7 Å². The van der Waals surface area contributed by atoms with E-state index in [9.17, 15) is 4.79 Å². The average molecular weight is 379 g/mol. The zero-order chi connectivity index (χ0) is 16.9. The van der Waals surface area contributed by atoms with Crippen LogP contribution in [0.2, 0.25) is 10.0 Å². The standard InChI is InChI=1S/C17H12Cl2N2O2S/c18-11-3-5-14(15(19)8-11)16-6-4-12(23-16)10-20-21-17(22)9-13-2-1-7-24-13/h1-8,10H,9H2,(H,21,22)/b20-10-. The Hall–Kier alpha value is -2.08. The summed E-state index contributed by atoms with van der Waals surface area (Å²) in [5.41, 5.74) is 3.21. The van der Waals surface area contributed by atoms with E-state index < -0.39 is 0 Å². The maximum Gasteiger partial charge on any atom is 0.245 e. The monoisotopic (exact) mass is 378 g/mol. The molecule has 0 aliphatic rings. The molecule has 0 saturated heterocycles. The molecule has 2 heterocycles. The highest BCUT2D eigenvalue weighted by Gasteiger charge is 2.08. The number of hydrogen-bond acceptors (Lipinski definition) is 4. The van der Waals surface area contributed by atoms with Gasteiger partial charge in [0.15, 0.2) is 0 Å². The number of carbonyl (C=O) groups is 1. The summed E-state index contributed by atoms with van der Waals surface area (Å²) in [6.45, 7) is 0. The summed E-state index contributed by atoms with van der Waals surface area (Å²) in [4.78, 5) is 12.7. The van der Waals surface area contributed by atoms with Gasteiger partial charge >= 0.3 is 0 Å². The van der Waals surface area contributed by atoms with Crippen molar-refractivity contribution in [2.45, 2.75) is 6.42 Å². The van der Waals surface area contributed by atoms with Crippen LogP contribution in [0.15, 0.2) is 57.4 Å². The van der Waals surface area contributed by atoms with Crippen molar-refractivity contribution in [1.82, 2.24) is 5.43 Å². The first-order valence-electron chi connectivity index (χ1n) is 7.01. The van der Waals surface area contributed by atoms with Gasteiger partial charge in [-0.1, -0.05) is 29.3 Å². The third-order valence-corrected chi connectivity index (χ3v) is 4.54. The van der Waals surface area contributed by atoms with Gasteiger partial charge in [0.2, 0.25) is 5.91 Å². The van der Waals surface area contributed by atoms with Gasteiger partial charge in [0, 0.05) is 15.5 Å². The number of nitrogens with zero attached hydrogens (tertiary/aromatic N) is 1. The third kappa shape index (κ3) is 4.26. The minimum Gasteiger partial charge on any atom is -0.455 e. The van der Waals surface area contributed by atoms with Gasteiger partial charge in [0.25, 0.3) is 0 Å². The fourth-order valence-electron chi connectivity index (χ4n) is 2.04. The molecule has 3 aromatic rings. The smallest absolute Gasteiger partial charge is 0.245 e. The predicted octanol–water partition coefficient (Wildman–Crippen LogP) is 5.01. The van der Waals surface area contributed by atoms with Crippen molar-refractivity contribution in [1.29, 1.82) is 0 Å². The van der Waals surface area contributed by atoms with E-state index in [1.165, 1.54) is 17.6 Å². The quantitative estimate of drug-likeness (QED) is 0.501. The highest BCUT2D eigenvalue weighted by Crippen LogP contribution is 2.31. The Morgan fingerprint density at radius 2 is 2.12 bits per heavy atom. The molecule has 2 aromatic heterocycles. The summed E-state index contributed by atoms with van der Waals surface area (Å²) in [7, 11) is 0. The van der Waals surface area contributed by atoms with E-state index in [-0.39, 0.29) is 5.91 Å². The van der Waals surface area contributed by atoms with E-state index in [1.807, 2.05) is 17.5 Å². The molecule has 0 radical (unpaired) electrons. The first-order chi connectivity index (χ1) is 11.6. The lowest BCUT2D eigenvalue weighted by atomic mass is 10.2. The molecule has 1 N–H and O–H groups in total. The number of furan rings is 1. The first-order valence-corrected chi connectivity index (χ1v) is 8.65. The molecule has 0 aliphatic carbocycles. The number of hydrogen-bond donors (Lipinski definition) is 1. The van der Waals surface area contributed by atoms with Crippen molar-refractivity contribution in [2.24, 2.45) is 5.10 Å². The summed E-state index contributed by atoms with van der Waals surface area (Å²) < 4.78 is 5.65. The first kappa shape index (κ1) is 16.8. The normalized spacial score (nSPS) is 11.1. The van der Waals surface area contributed by atoms with Crippen molar-refractivity contribution in [3.8, 4) is 11.3 Å². The molecule has 0 unspecified atom stereocenters. The van der Waals surface area contributed by atoms with Gasteiger partial charge in [-0.15, -0.1) is 11.3 Å². The zero-order valence-corrected chi connectivity index (χ0v) is 14.7. The molecule has 0 spiro atoms. The van der Waals surface area contributed by atoms with Crippen LogP contribution in [0.25, 0.3) is 11.3 Å². The Balaban J connectivity index is 1.62. The van der Waals surface area contributed by atoms with Gasteiger partial charge in [0.1, 0.15) is 11.5 Å². The third-order valence-electron chi connectivity index (χ3n) is 3.12. The SMILES string of the molecule is O=C(Cc1cccs1)N/N=C\c1ccc(-c2ccc(Cl)cc2Cl)o1. The number of hydrazone groups is 1. The van der Waals surface area contributed by atoms with Crippen LogP contribution in [0.4, 0.5) is 0 Å². The van der Waals surface area contributed by atoms with Crippen LogP contribution in [-0.2, 0) is 11.2 Å². The molecule has 0 fully saturated rings. The lowest BCUT2D eigenvalue weighted by Crippen LogP contribution is -2.19. The number of thiophene rings is 1. The van der Waals surface area contributed by atoms with E-state index in [0.29, 0.717) is 28.0 Å². The summed E-state index contributed by atoms with van der Waals surface area (Å²) in [5, 5.41) is 6.89. The van der Waals surface area contributed by atoms with Crippen LogP contribution in [0.1, 0.15) is 10.6 Å². The molecule has 24 heavy (non-hydrogen) atoms. The average Bonchev–Trinajstić information content (AvgIpc) is 3.19. The van der Waals surface area contributed by atoms with Crippen LogP contribution in [0.5, 0.6) is 0 Å². The Bertz CT molecular complexity index is 873. The Kier molecular flexibility index (Phi) is 5.35. The van der Waals surface area contributed by atoms with Crippen LogP contribution >= 0.6 is 34.5 Å². The van der Waals surface area contributed by atoms with Gasteiger partial charge < -0.3 is 4.42 Å². The van der Waals surface area contributed by atoms with Gasteiger partial charge in [-0.25, -0.2) is 5.43 Å². The molecule has 1 aromatic carbocycles. The molecule has 1 amide bonds. The lowest BCUT2D eigenvalue weighted by Gasteiger charge is -2.00. The predicted molar refractivity (Wildman–Crippen MR) is 97.9 cm³/mol. The highest BCUT2D eigenvalue weighted by atomic mass is 35.5. The Morgan fingerprint density at radius 1 is 1.25 bits per heavy atom. The number of nitrogens with one attached hydrogen (secondary N) is 1. The second kappa shape index (κ2) is 7.66. The van der Waals surface area contributed by atoms with Crippen LogP contribution in [0.3, 0.4) is 0 Å². The van der Waals surface area contributed by atoms with Crippen molar-refractivity contribution in [3.63, 3.8) is 0 Å². The summed E-state index contributed by atoms with van der Waals surface area (Å²) in [5.74, 6) is 0.927. The zero-order valence-electron chi connectivity index (χ0n) is 12.3. The van der Waals surface area contributed by atoms with E-state index >= 15 is 0 Å². The molecule has 0 saturated carbocycles. The lowest BCUT2D eigenvalue weighted by molar-refractivity contribution is -0.120. The summed E-state index contributed by atoms with van der Waals surface area (Å²) >= 11 is 13.6.